The zero-order valence-electron chi connectivity index (χ0n) is 35.5. The van der Waals surface area contributed by atoms with Crippen LogP contribution < -0.4 is 9.47 Å². The van der Waals surface area contributed by atoms with E-state index in [4.69, 9.17) is 4.74 Å². The Morgan fingerprint density at radius 3 is 1.93 bits per heavy atom. The van der Waals surface area contributed by atoms with E-state index >= 15 is 0 Å². The Morgan fingerprint density at radius 2 is 1.34 bits per heavy atom. The number of hydrogen-bond donors (Lipinski definition) is 1. The Kier molecular flexibility index (Phi) is 16.4. The number of thiazole rings is 1. The Labute approximate surface area is 355 Å². The van der Waals surface area contributed by atoms with E-state index in [0.717, 1.165) is 81.3 Å². The second-order valence-electron chi connectivity index (χ2n) is 16.5. The van der Waals surface area contributed by atoms with Gasteiger partial charge in [-0.05, 0) is 46.7 Å². The molecule has 5 aromatic rings. The maximum atomic E-state index is 12.4. The van der Waals surface area contributed by atoms with Crippen molar-refractivity contribution < 1.29 is 24.0 Å². The molecule has 1 aliphatic heterocycles. The molecule has 0 fully saturated rings. The Morgan fingerprint density at radius 1 is 0.780 bits per heavy atom. The van der Waals surface area contributed by atoms with E-state index in [1.165, 1.54) is 88.0 Å². The van der Waals surface area contributed by atoms with Crippen LogP contribution in [0.5, 0.6) is 0 Å². The van der Waals surface area contributed by atoms with Crippen LogP contribution in [-0.2, 0) is 26.3 Å². The lowest BCUT2D eigenvalue weighted by molar-refractivity contribution is -0.670. The first-order chi connectivity index (χ1) is 29.0. The number of ether oxygens (including phenoxy) is 1. The fourth-order valence-electron chi connectivity index (χ4n) is 9.65. The number of fused-ring (bicyclic) bond motifs is 6. The van der Waals surface area contributed by atoms with Gasteiger partial charge in [0.2, 0.25) is 5.52 Å². The number of aliphatic carboxylic acids is 1. The lowest BCUT2D eigenvalue weighted by atomic mass is 9.69. The van der Waals surface area contributed by atoms with Crippen molar-refractivity contribution in [2.45, 2.75) is 148 Å². The summed E-state index contributed by atoms with van der Waals surface area (Å²) in [5.41, 5.74) is 4.28. The summed E-state index contributed by atoms with van der Waals surface area (Å²) in [5, 5.41) is 27.3. The van der Waals surface area contributed by atoms with E-state index in [1.807, 2.05) is 6.07 Å². The number of carboxylic acids is 1. The number of carbonyl (C=O) groups excluding carboxylic acids is 1. The highest BCUT2D eigenvalue weighted by Crippen LogP contribution is 2.58. The highest BCUT2D eigenvalue weighted by atomic mass is 32.1. The molecule has 312 valence electrons. The van der Waals surface area contributed by atoms with Gasteiger partial charge in [-0.25, -0.2) is 0 Å². The van der Waals surface area contributed by atoms with Crippen molar-refractivity contribution in [3.05, 3.63) is 89.1 Å². The molecule has 1 aliphatic rings. The van der Waals surface area contributed by atoms with Crippen molar-refractivity contribution in [1.82, 2.24) is 0 Å². The Bertz CT molecular complexity index is 2230. The van der Waals surface area contributed by atoms with Crippen LogP contribution in [0.25, 0.3) is 37.3 Å². The van der Waals surface area contributed by atoms with Gasteiger partial charge in [0.1, 0.15) is 17.4 Å². The monoisotopic (exact) mass is 814 g/mol. The van der Waals surface area contributed by atoms with Gasteiger partial charge in [-0.2, -0.15) is 9.83 Å². The van der Waals surface area contributed by atoms with E-state index < -0.39 is 11.4 Å². The summed E-state index contributed by atoms with van der Waals surface area (Å²) in [6, 6.07) is 28.3. The fourth-order valence-corrected chi connectivity index (χ4v) is 11.0. The van der Waals surface area contributed by atoms with Crippen molar-refractivity contribution in [2.75, 3.05) is 18.1 Å². The van der Waals surface area contributed by atoms with Gasteiger partial charge in [0.05, 0.1) is 12.1 Å². The van der Waals surface area contributed by atoms with Crippen molar-refractivity contribution in [3.63, 3.8) is 0 Å². The molecular weight excluding hydrogens is 751 g/mol. The summed E-state index contributed by atoms with van der Waals surface area (Å²) in [4.78, 5) is 26.1. The van der Waals surface area contributed by atoms with Crippen LogP contribution in [-0.4, -0.2) is 30.7 Å². The van der Waals surface area contributed by atoms with Crippen LogP contribution in [0.1, 0.15) is 146 Å². The number of unbranched alkanes of at least 4 members (excludes halogenated alkanes) is 14. The minimum absolute atomic E-state index is 0.0513. The molecule has 7 nitrogen and oxygen atoms in total. The maximum Gasteiger partial charge on any atom is 0.305 e. The van der Waals surface area contributed by atoms with Crippen LogP contribution in [0.15, 0.2) is 78.5 Å². The number of hydrogen-bond acceptors (Lipinski definition) is 6. The molecule has 0 unspecified atom stereocenters. The van der Waals surface area contributed by atoms with Crippen LogP contribution >= 0.6 is 11.3 Å². The highest BCUT2D eigenvalue weighted by Gasteiger charge is 2.50. The number of aromatic nitrogens is 1. The summed E-state index contributed by atoms with van der Waals surface area (Å²) in [6.45, 7) is 5.83. The summed E-state index contributed by atoms with van der Waals surface area (Å²) in [5.74, 6) is -0.858. The highest BCUT2D eigenvalue weighted by molar-refractivity contribution is 7.20. The third kappa shape index (κ3) is 10.2. The standard InChI is InChI=1S/C51H63N3O4S/c1-3-5-7-9-11-13-15-21-32-51(33-22-16-14-12-10-8-6-4-2)47-41-25-19-17-23-39(41)27-29-44(47)53(34-31-46(56)57)49(51)43(37-52)50-54(35-36-58-38-55)45-30-28-40-24-18-20-26-42(40)48(45)59-50/h17-20,23-30,38H,3-16,21-22,31-36H2,1-2H3/p+1. The van der Waals surface area contributed by atoms with Gasteiger partial charge >= 0.3 is 5.97 Å². The summed E-state index contributed by atoms with van der Waals surface area (Å²) in [7, 11) is 0. The number of rotatable bonds is 26. The van der Waals surface area contributed by atoms with Gasteiger partial charge in [0.15, 0.2) is 12.1 Å². The van der Waals surface area contributed by atoms with E-state index in [9.17, 15) is 20.0 Å². The van der Waals surface area contributed by atoms with Gasteiger partial charge in [-0.1, -0.05) is 183 Å². The van der Waals surface area contributed by atoms with Crippen LogP contribution in [0, 0.1) is 11.3 Å². The molecule has 8 heteroatoms. The second-order valence-corrected chi connectivity index (χ2v) is 17.5. The van der Waals surface area contributed by atoms with Gasteiger partial charge in [0, 0.05) is 29.1 Å². The van der Waals surface area contributed by atoms with Crippen molar-refractivity contribution in [1.29, 1.82) is 5.26 Å². The lowest BCUT2D eigenvalue weighted by Crippen LogP contribution is -2.40. The molecule has 0 amide bonds. The van der Waals surface area contributed by atoms with Crippen LogP contribution in [0.4, 0.5) is 5.69 Å². The normalized spacial score (nSPS) is 14.2. The minimum atomic E-state index is -0.858. The first-order valence-corrected chi connectivity index (χ1v) is 23.4. The number of anilines is 1. The zero-order chi connectivity index (χ0) is 41.5. The molecule has 6 rings (SSSR count). The molecular formula is C51H64N3O4S+. The number of nitriles is 1. The number of allylic oxidation sites excluding steroid dienone is 2. The third-order valence-corrected chi connectivity index (χ3v) is 13.8. The number of nitrogens with zero attached hydrogens (tertiary/aromatic N) is 3. The smallest absolute Gasteiger partial charge is 0.305 e. The average molecular weight is 815 g/mol. The van der Waals surface area contributed by atoms with E-state index in [2.05, 4.69) is 96.1 Å². The maximum absolute atomic E-state index is 12.4. The minimum Gasteiger partial charge on any atom is -0.481 e. The Balaban J connectivity index is 1.57. The zero-order valence-corrected chi connectivity index (χ0v) is 36.3. The molecule has 0 radical (unpaired) electrons. The van der Waals surface area contributed by atoms with Crippen molar-refractivity contribution in [2.24, 2.45) is 0 Å². The fraction of sp³-hybridized carbons (Fsp3) is 0.490. The molecule has 0 atom stereocenters. The summed E-state index contributed by atoms with van der Waals surface area (Å²) >= 11 is 1.62. The van der Waals surface area contributed by atoms with Gasteiger partial charge < -0.3 is 14.7 Å². The predicted octanol–water partition coefficient (Wildman–Crippen LogP) is 13.2. The molecule has 0 bridgehead atoms. The number of benzene rings is 4. The quantitative estimate of drug-likeness (QED) is 0.0259. The summed E-state index contributed by atoms with van der Waals surface area (Å²) < 4.78 is 8.54. The molecule has 0 saturated heterocycles. The number of carboxylic acid groups (broad SMARTS) is 1. The molecule has 59 heavy (non-hydrogen) atoms. The van der Waals surface area contributed by atoms with E-state index in [0.29, 0.717) is 18.6 Å². The third-order valence-electron chi connectivity index (χ3n) is 12.5. The molecule has 1 aromatic heterocycles. The van der Waals surface area contributed by atoms with Gasteiger partial charge in [0.25, 0.3) is 11.5 Å². The molecule has 4 aromatic carbocycles. The average Bonchev–Trinajstić information content (AvgIpc) is 3.75. The second kappa shape index (κ2) is 22.0. The first kappa shape index (κ1) is 43.8. The van der Waals surface area contributed by atoms with Gasteiger partial charge in [-0.15, -0.1) is 0 Å². The van der Waals surface area contributed by atoms with Crippen LogP contribution in [0.3, 0.4) is 0 Å². The SMILES string of the molecule is CCCCCCCCCCC1(CCCCCCCCCC)C(=C(C#N)c2sc3c4ccccc4ccc3[n+]2CCOC=O)N(CCC(=O)O)c2ccc3ccccc3c21. The van der Waals surface area contributed by atoms with E-state index in [1.54, 1.807) is 11.3 Å². The first-order valence-electron chi connectivity index (χ1n) is 22.5. The topological polar surface area (TPSA) is 94.5 Å². The molecule has 0 saturated carbocycles. The predicted molar refractivity (Wildman–Crippen MR) is 244 cm³/mol. The Hall–Kier alpha value is -4.74. The molecule has 0 aliphatic carbocycles. The molecule has 1 N–H and O–H groups in total. The van der Waals surface area contributed by atoms with E-state index in [-0.39, 0.29) is 19.6 Å². The summed E-state index contributed by atoms with van der Waals surface area (Å²) in [6.07, 6.45) is 21.0. The van der Waals surface area contributed by atoms with Gasteiger partial charge in [-0.3, -0.25) is 9.59 Å². The van der Waals surface area contributed by atoms with Crippen molar-refractivity contribution >= 4 is 66.8 Å². The molecule has 2 heterocycles. The van der Waals surface area contributed by atoms with Crippen molar-refractivity contribution in [3.8, 4) is 6.07 Å². The largest absolute Gasteiger partial charge is 0.481 e. The molecule has 0 spiro atoms. The van der Waals surface area contributed by atoms with Crippen LogP contribution in [0.2, 0.25) is 0 Å². The lowest BCUT2D eigenvalue weighted by Gasteiger charge is -2.35. The number of carbonyl (C=O) groups is 2.